The minimum atomic E-state index is -0.455. The summed E-state index contributed by atoms with van der Waals surface area (Å²) in [4.78, 5) is 37.1. The zero-order valence-electron chi connectivity index (χ0n) is 12.0. The number of ether oxygens (including phenoxy) is 1. The Bertz CT molecular complexity index is 551. The van der Waals surface area contributed by atoms with Gasteiger partial charge in [0.1, 0.15) is 6.54 Å². The topological polar surface area (TPSA) is 75.7 Å². The van der Waals surface area contributed by atoms with E-state index < -0.39 is 5.97 Å². The van der Waals surface area contributed by atoms with Crippen LogP contribution in [-0.4, -0.2) is 42.9 Å². The molecule has 0 aliphatic heterocycles. The maximum absolute atomic E-state index is 12.3. The lowest BCUT2D eigenvalue weighted by Crippen LogP contribution is -2.35. The summed E-state index contributed by atoms with van der Waals surface area (Å²) in [7, 11) is 1.29. The number of rotatable bonds is 6. The Kier molecular flexibility index (Phi) is 4.95. The van der Waals surface area contributed by atoms with Crippen LogP contribution < -0.4 is 5.32 Å². The molecule has 114 valence electrons. The number of thiophene rings is 1. The molecular formula is C14H18N2O4S. The van der Waals surface area contributed by atoms with Crippen molar-refractivity contribution in [2.45, 2.75) is 19.8 Å². The summed E-state index contributed by atoms with van der Waals surface area (Å²) in [6.45, 7) is 2.13. The number of likely N-dealkylation sites (N-methyl/N-ethyl adjacent to an activating group) is 1. The van der Waals surface area contributed by atoms with Gasteiger partial charge in [-0.1, -0.05) is 0 Å². The molecule has 1 aliphatic rings. The molecule has 1 aliphatic carbocycles. The summed E-state index contributed by atoms with van der Waals surface area (Å²) in [5, 5.41) is 3.46. The number of methoxy groups -OCH3 is 1. The smallest absolute Gasteiger partial charge is 0.325 e. The average molecular weight is 310 g/mol. The van der Waals surface area contributed by atoms with E-state index in [2.05, 4.69) is 10.1 Å². The molecule has 0 bridgehead atoms. The highest BCUT2D eigenvalue weighted by Crippen LogP contribution is 2.31. The van der Waals surface area contributed by atoms with Crippen molar-refractivity contribution in [3.8, 4) is 0 Å². The van der Waals surface area contributed by atoms with Gasteiger partial charge in [-0.05, 0) is 31.9 Å². The van der Waals surface area contributed by atoms with Crippen LogP contribution in [0.25, 0.3) is 0 Å². The van der Waals surface area contributed by atoms with Crippen molar-refractivity contribution >= 4 is 34.1 Å². The van der Waals surface area contributed by atoms with Gasteiger partial charge in [0.15, 0.2) is 0 Å². The number of esters is 1. The third-order valence-electron chi connectivity index (χ3n) is 3.23. The van der Waals surface area contributed by atoms with Gasteiger partial charge in [0, 0.05) is 12.5 Å². The van der Waals surface area contributed by atoms with E-state index in [1.54, 1.807) is 19.1 Å². The lowest BCUT2D eigenvalue weighted by molar-refractivity contribution is -0.141. The molecule has 0 aromatic carbocycles. The molecule has 7 heteroatoms. The number of amides is 2. The molecule has 0 spiro atoms. The van der Waals surface area contributed by atoms with Gasteiger partial charge in [0.25, 0.3) is 5.91 Å². The first-order valence-electron chi connectivity index (χ1n) is 6.82. The standard InChI is InChI=1S/C14H18N2O4S/c1-3-16(8-12(17)20-2)14(19)10-6-7-11(21-10)15-13(18)9-4-5-9/h6-7,9H,3-5,8H2,1-2H3,(H,15,18). The van der Waals surface area contributed by atoms with E-state index >= 15 is 0 Å². The van der Waals surface area contributed by atoms with Crippen molar-refractivity contribution < 1.29 is 19.1 Å². The maximum Gasteiger partial charge on any atom is 0.325 e. The summed E-state index contributed by atoms with van der Waals surface area (Å²) in [6.07, 6.45) is 1.87. The van der Waals surface area contributed by atoms with E-state index in [1.807, 2.05) is 0 Å². The van der Waals surface area contributed by atoms with E-state index in [4.69, 9.17) is 0 Å². The minimum Gasteiger partial charge on any atom is -0.468 e. The SMILES string of the molecule is CCN(CC(=O)OC)C(=O)c1ccc(NC(=O)C2CC2)s1. The van der Waals surface area contributed by atoms with Crippen molar-refractivity contribution in [1.82, 2.24) is 4.90 Å². The van der Waals surface area contributed by atoms with E-state index in [1.165, 1.54) is 23.3 Å². The third kappa shape index (κ3) is 4.04. The molecule has 0 atom stereocenters. The van der Waals surface area contributed by atoms with Crippen LogP contribution >= 0.6 is 11.3 Å². The van der Waals surface area contributed by atoms with Crippen LogP contribution in [0.2, 0.25) is 0 Å². The van der Waals surface area contributed by atoms with Gasteiger partial charge in [-0.3, -0.25) is 14.4 Å². The van der Waals surface area contributed by atoms with Crippen LogP contribution in [0.15, 0.2) is 12.1 Å². The largest absolute Gasteiger partial charge is 0.468 e. The molecule has 1 N–H and O–H groups in total. The second-order valence-corrected chi connectivity index (χ2v) is 5.91. The Morgan fingerprint density at radius 2 is 2.10 bits per heavy atom. The van der Waals surface area contributed by atoms with Crippen molar-refractivity contribution in [3.63, 3.8) is 0 Å². The zero-order valence-corrected chi connectivity index (χ0v) is 12.9. The molecule has 1 fully saturated rings. The number of carbonyl (C=O) groups is 3. The summed E-state index contributed by atoms with van der Waals surface area (Å²) in [5.41, 5.74) is 0. The molecule has 1 saturated carbocycles. The Hall–Kier alpha value is -1.89. The van der Waals surface area contributed by atoms with Crippen LogP contribution in [-0.2, 0) is 14.3 Å². The molecule has 0 unspecified atom stereocenters. The van der Waals surface area contributed by atoms with Crippen LogP contribution in [0.3, 0.4) is 0 Å². The number of nitrogens with one attached hydrogen (secondary N) is 1. The Labute approximate surface area is 127 Å². The van der Waals surface area contributed by atoms with Crippen LogP contribution in [0.5, 0.6) is 0 Å². The molecule has 0 saturated heterocycles. The second-order valence-electron chi connectivity index (χ2n) is 4.82. The fraction of sp³-hybridized carbons (Fsp3) is 0.500. The van der Waals surface area contributed by atoms with Crippen LogP contribution in [0, 0.1) is 5.92 Å². The lowest BCUT2D eigenvalue weighted by atomic mass is 10.3. The molecule has 0 radical (unpaired) electrons. The van der Waals surface area contributed by atoms with Gasteiger partial charge in [0.2, 0.25) is 5.91 Å². The normalized spacial score (nSPS) is 13.6. The molecular weight excluding hydrogens is 292 g/mol. The highest BCUT2D eigenvalue weighted by molar-refractivity contribution is 7.18. The van der Waals surface area contributed by atoms with E-state index in [0.29, 0.717) is 16.4 Å². The zero-order chi connectivity index (χ0) is 15.4. The van der Waals surface area contributed by atoms with Gasteiger partial charge in [-0.2, -0.15) is 0 Å². The predicted octanol–water partition coefficient (Wildman–Crippen LogP) is 1.73. The molecule has 1 aromatic rings. The Balaban J connectivity index is 1.99. The van der Waals surface area contributed by atoms with Crippen molar-refractivity contribution in [2.75, 3.05) is 25.5 Å². The van der Waals surface area contributed by atoms with Crippen molar-refractivity contribution in [2.24, 2.45) is 5.92 Å². The first-order chi connectivity index (χ1) is 10.0. The fourth-order valence-electron chi connectivity index (χ4n) is 1.79. The molecule has 1 aromatic heterocycles. The number of hydrogen-bond acceptors (Lipinski definition) is 5. The molecule has 1 heterocycles. The van der Waals surface area contributed by atoms with Gasteiger partial charge in [0.05, 0.1) is 17.0 Å². The first kappa shape index (κ1) is 15.5. The molecule has 21 heavy (non-hydrogen) atoms. The first-order valence-corrected chi connectivity index (χ1v) is 7.63. The molecule has 2 amide bonds. The van der Waals surface area contributed by atoms with E-state index in [-0.39, 0.29) is 24.3 Å². The maximum atomic E-state index is 12.3. The van der Waals surface area contributed by atoms with Gasteiger partial charge >= 0.3 is 5.97 Å². The van der Waals surface area contributed by atoms with Crippen molar-refractivity contribution in [1.29, 1.82) is 0 Å². The van der Waals surface area contributed by atoms with Crippen LogP contribution in [0.4, 0.5) is 5.00 Å². The molecule has 6 nitrogen and oxygen atoms in total. The number of nitrogens with zero attached hydrogens (tertiary/aromatic N) is 1. The summed E-state index contributed by atoms with van der Waals surface area (Å²) >= 11 is 1.22. The summed E-state index contributed by atoms with van der Waals surface area (Å²) in [5.74, 6) is -0.556. The quantitative estimate of drug-likeness (QED) is 0.812. The minimum absolute atomic E-state index is 0.0118. The fourth-order valence-corrected chi connectivity index (χ4v) is 2.67. The van der Waals surface area contributed by atoms with Crippen molar-refractivity contribution in [3.05, 3.63) is 17.0 Å². The number of hydrogen-bond donors (Lipinski definition) is 1. The van der Waals surface area contributed by atoms with Crippen LogP contribution in [0.1, 0.15) is 29.4 Å². The number of carbonyl (C=O) groups excluding carboxylic acids is 3. The van der Waals surface area contributed by atoms with Gasteiger partial charge < -0.3 is 15.0 Å². The Morgan fingerprint density at radius 1 is 1.38 bits per heavy atom. The third-order valence-corrected chi connectivity index (χ3v) is 4.22. The summed E-state index contributed by atoms with van der Waals surface area (Å²) in [6, 6.07) is 3.37. The lowest BCUT2D eigenvalue weighted by Gasteiger charge is -2.18. The van der Waals surface area contributed by atoms with E-state index in [9.17, 15) is 14.4 Å². The molecule has 2 rings (SSSR count). The number of anilines is 1. The Morgan fingerprint density at radius 3 is 2.67 bits per heavy atom. The highest BCUT2D eigenvalue weighted by Gasteiger charge is 2.30. The summed E-state index contributed by atoms with van der Waals surface area (Å²) < 4.78 is 4.57. The van der Waals surface area contributed by atoms with Gasteiger partial charge in [-0.15, -0.1) is 11.3 Å². The van der Waals surface area contributed by atoms with Gasteiger partial charge in [-0.25, -0.2) is 0 Å². The monoisotopic (exact) mass is 310 g/mol. The predicted molar refractivity (Wildman–Crippen MR) is 79.3 cm³/mol. The average Bonchev–Trinajstić information content (AvgIpc) is 3.24. The second kappa shape index (κ2) is 6.71. The highest BCUT2D eigenvalue weighted by atomic mass is 32.1. The van der Waals surface area contributed by atoms with E-state index in [0.717, 1.165) is 12.8 Å².